The molecule has 0 spiro atoms. The number of hydrogen-bond donors (Lipinski definition) is 0. The normalized spacial score (nSPS) is 20.6. The zero-order valence-electron chi connectivity index (χ0n) is 15.0. The smallest absolute Gasteiger partial charge is 0.227 e. The van der Waals surface area contributed by atoms with E-state index in [1.165, 1.54) is 0 Å². The molecular formula is C19H24ClN3O3. The fourth-order valence-electron chi connectivity index (χ4n) is 3.54. The van der Waals surface area contributed by atoms with Crippen molar-refractivity contribution in [2.45, 2.75) is 26.2 Å². The number of carbonyl (C=O) groups excluding carboxylic acids is 3. The molecule has 2 saturated heterocycles. The Morgan fingerprint density at radius 1 is 1.08 bits per heavy atom. The van der Waals surface area contributed by atoms with Gasteiger partial charge in [0.05, 0.1) is 5.92 Å². The Morgan fingerprint density at radius 3 is 2.23 bits per heavy atom. The highest BCUT2D eigenvalue weighted by atomic mass is 35.5. The van der Waals surface area contributed by atoms with Crippen molar-refractivity contribution in [2.75, 3.05) is 42.5 Å². The molecule has 2 aliphatic rings. The van der Waals surface area contributed by atoms with Crippen LogP contribution in [0.4, 0.5) is 11.4 Å². The van der Waals surface area contributed by atoms with E-state index >= 15 is 0 Å². The number of piperazine rings is 1. The summed E-state index contributed by atoms with van der Waals surface area (Å²) in [6.07, 6.45) is 1.67. The van der Waals surface area contributed by atoms with Crippen LogP contribution in [0.2, 0.25) is 0 Å². The van der Waals surface area contributed by atoms with Crippen LogP contribution in [-0.2, 0) is 14.4 Å². The Morgan fingerprint density at radius 2 is 1.69 bits per heavy atom. The SMILES string of the molecule is CCCC(=O)N1CCN(c2ccc(N3CC(C(=O)Cl)CC3=O)cc2)CC1. The molecule has 7 heteroatoms. The van der Waals surface area contributed by atoms with Crippen LogP contribution in [0.3, 0.4) is 0 Å². The molecule has 3 rings (SSSR count). The minimum Gasteiger partial charge on any atom is -0.368 e. The van der Waals surface area contributed by atoms with E-state index in [1.807, 2.05) is 36.1 Å². The van der Waals surface area contributed by atoms with Crippen LogP contribution in [0, 0.1) is 5.92 Å². The predicted octanol–water partition coefficient (Wildman–Crippen LogP) is 2.25. The molecule has 1 aromatic rings. The van der Waals surface area contributed by atoms with Crippen molar-refractivity contribution < 1.29 is 14.4 Å². The summed E-state index contributed by atoms with van der Waals surface area (Å²) < 4.78 is 0. The molecule has 1 aromatic carbocycles. The van der Waals surface area contributed by atoms with Gasteiger partial charge in [0.1, 0.15) is 0 Å². The van der Waals surface area contributed by atoms with E-state index in [-0.39, 0.29) is 18.2 Å². The van der Waals surface area contributed by atoms with Crippen LogP contribution in [0.1, 0.15) is 26.2 Å². The van der Waals surface area contributed by atoms with E-state index in [9.17, 15) is 14.4 Å². The maximum Gasteiger partial charge on any atom is 0.227 e. The lowest BCUT2D eigenvalue weighted by Gasteiger charge is -2.36. The number of anilines is 2. The molecule has 2 amide bonds. The van der Waals surface area contributed by atoms with Crippen molar-refractivity contribution in [2.24, 2.45) is 5.92 Å². The predicted molar refractivity (Wildman–Crippen MR) is 101 cm³/mol. The van der Waals surface area contributed by atoms with E-state index in [2.05, 4.69) is 4.90 Å². The summed E-state index contributed by atoms with van der Waals surface area (Å²) in [5.74, 6) is -0.254. The fourth-order valence-corrected chi connectivity index (χ4v) is 3.68. The van der Waals surface area contributed by atoms with Crippen LogP contribution in [0.15, 0.2) is 24.3 Å². The Bertz CT molecular complexity index is 684. The zero-order chi connectivity index (χ0) is 18.7. The summed E-state index contributed by atoms with van der Waals surface area (Å²) >= 11 is 5.53. The van der Waals surface area contributed by atoms with Crippen molar-refractivity contribution in [1.82, 2.24) is 4.90 Å². The molecular weight excluding hydrogens is 354 g/mol. The van der Waals surface area contributed by atoms with Gasteiger partial charge in [0, 0.05) is 56.9 Å². The second kappa shape index (κ2) is 8.08. The minimum atomic E-state index is -0.451. The van der Waals surface area contributed by atoms with Crippen molar-refractivity contribution >= 4 is 40.0 Å². The highest BCUT2D eigenvalue weighted by Gasteiger charge is 2.34. The Balaban J connectivity index is 1.60. The number of amides is 2. The van der Waals surface area contributed by atoms with E-state index in [1.54, 1.807) is 4.90 Å². The fraction of sp³-hybridized carbons (Fsp3) is 0.526. The average Bonchev–Trinajstić information content (AvgIpc) is 3.04. The quantitative estimate of drug-likeness (QED) is 0.738. The average molecular weight is 378 g/mol. The number of nitrogens with zero attached hydrogens (tertiary/aromatic N) is 3. The van der Waals surface area contributed by atoms with Gasteiger partial charge in [0.2, 0.25) is 17.1 Å². The Labute approximate surface area is 158 Å². The van der Waals surface area contributed by atoms with Gasteiger partial charge < -0.3 is 14.7 Å². The lowest BCUT2D eigenvalue weighted by Crippen LogP contribution is -2.48. The number of hydrogen-bond acceptors (Lipinski definition) is 4. The van der Waals surface area contributed by atoms with Crippen LogP contribution < -0.4 is 9.80 Å². The number of carbonyl (C=O) groups is 3. The van der Waals surface area contributed by atoms with Crippen LogP contribution >= 0.6 is 11.6 Å². The summed E-state index contributed by atoms with van der Waals surface area (Å²) in [5.41, 5.74) is 1.86. The van der Waals surface area contributed by atoms with Crippen LogP contribution in [-0.4, -0.2) is 54.7 Å². The first-order valence-electron chi connectivity index (χ1n) is 9.12. The number of rotatable bonds is 5. The van der Waals surface area contributed by atoms with Crippen molar-refractivity contribution in [3.8, 4) is 0 Å². The summed E-state index contributed by atoms with van der Waals surface area (Å²) in [5, 5.41) is -0.451. The molecule has 0 aromatic heterocycles. The summed E-state index contributed by atoms with van der Waals surface area (Å²) in [6, 6.07) is 7.79. The third-order valence-electron chi connectivity index (χ3n) is 5.07. The Kier molecular flexibility index (Phi) is 5.81. The third kappa shape index (κ3) is 4.01. The first-order chi connectivity index (χ1) is 12.5. The molecule has 0 radical (unpaired) electrons. The number of benzene rings is 1. The number of halogens is 1. The van der Waals surface area contributed by atoms with Crippen molar-refractivity contribution in [1.29, 1.82) is 0 Å². The Hall–Kier alpha value is -2.08. The second-order valence-corrected chi connectivity index (χ2v) is 7.22. The summed E-state index contributed by atoms with van der Waals surface area (Å²) in [6.45, 7) is 5.46. The van der Waals surface area contributed by atoms with E-state index in [4.69, 9.17) is 11.6 Å². The second-order valence-electron chi connectivity index (χ2n) is 6.84. The molecule has 0 N–H and O–H groups in total. The molecule has 26 heavy (non-hydrogen) atoms. The molecule has 0 bridgehead atoms. The van der Waals surface area contributed by atoms with Gasteiger partial charge in [-0.05, 0) is 42.3 Å². The minimum absolute atomic E-state index is 0.0696. The highest BCUT2D eigenvalue weighted by Crippen LogP contribution is 2.28. The van der Waals surface area contributed by atoms with E-state index in [0.717, 1.165) is 44.0 Å². The lowest BCUT2D eigenvalue weighted by atomic mass is 10.1. The maximum atomic E-state index is 12.1. The van der Waals surface area contributed by atoms with E-state index in [0.29, 0.717) is 13.0 Å². The molecule has 2 heterocycles. The van der Waals surface area contributed by atoms with Crippen molar-refractivity contribution in [3.63, 3.8) is 0 Å². The zero-order valence-corrected chi connectivity index (χ0v) is 15.7. The molecule has 0 aliphatic carbocycles. The molecule has 2 fully saturated rings. The first kappa shape index (κ1) is 18.7. The monoisotopic (exact) mass is 377 g/mol. The van der Waals surface area contributed by atoms with Gasteiger partial charge in [-0.3, -0.25) is 14.4 Å². The summed E-state index contributed by atoms with van der Waals surface area (Å²) in [7, 11) is 0. The first-order valence-corrected chi connectivity index (χ1v) is 9.50. The molecule has 2 aliphatic heterocycles. The molecule has 1 atom stereocenters. The standard InChI is InChI=1S/C19H24ClN3O3/c1-2-3-17(24)22-10-8-21(9-11-22)15-4-6-16(7-5-15)23-13-14(19(20)26)12-18(23)25/h4-7,14H,2-3,8-13H2,1H3. The summed E-state index contributed by atoms with van der Waals surface area (Å²) in [4.78, 5) is 41.2. The van der Waals surface area contributed by atoms with E-state index < -0.39 is 11.2 Å². The van der Waals surface area contributed by atoms with Crippen LogP contribution in [0.25, 0.3) is 0 Å². The van der Waals surface area contributed by atoms with Gasteiger partial charge in [0.25, 0.3) is 0 Å². The van der Waals surface area contributed by atoms with Gasteiger partial charge in [0.15, 0.2) is 0 Å². The van der Waals surface area contributed by atoms with Gasteiger partial charge >= 0.3 is 0 Å². The molecule has 0 saturated carbocycles. The van der Waals surface area contributed by atoms with Crippen molar-refractivity contribution in [3.05, 3.63) is 24.3 Å². The van der Waals surface area contributed by atoms with Gasteiger partial charge in [-0.1, -0.05) is 6.92 Å². The molecule has 140 valence electrons. The maximum absolute atomic E-state index is 12.1. The molecule has 6 nitrogen and oxygen atoms in total. The third-order valence-corrected chi connectivity index (χ3v) is 5.38. The largest absolute Gasteiger partial charge is 0.368 e. The topological polar surface area (TPSA) is 60.9 Å². The van der Waals surface area contributed by atoms with Gasteiger partial charge in [-0.25, -0.2) is 0 Å². The van der Waals surface area contributed by atoms with Crippen LogP contribution in [0.5, 0.6) is 0 Å². The highest BCUT2D eigenvalue weighted by molar-refractivity contribution is 6.64. The molecule has 1 unspecified atom stereocenters. The lowest BCUT2D eigenvalue weighted by molar-refractivity contribution is -0.131. The van der Waals surface area contributed by atoms with Gasteiger partial charge in [-0.15, -0.1) is 0 Å². The van der Waals surface area contributed by atoms with Gasteiger partial charge in [-0.2, -0.15) is 0 Å².